The van der Waals surface area contributed by atoms with Crippen molar-refractivity contribution in [3.63, 3.8) is 0 Å². The third kappa shape index (κ3) is 1.85. The number of hydrogen-bond acceptors (Lipinski definition) is 4. The molecule has 0 aliphatic carbocycles. The number of rotatable bonds is 3. The van der Waals surface area contributed by atoms with Crippen LogP contribution in [-0.4, -0.2) is 12.9 Å². The van der Waals surface area contributed by atoms with Crippen LogP contribution in [0.1, 0.15) is 18.1 Å². The van der Waals surface area contributed by atoms with Crippen LogP contribution in [0, 0.1) is 0 Å². The van der Waals surface area contributed by atoms with Crippen LogP contribution in [0.15, 0.2) is 17.1 Å². The van der Waals surface area contributed by atoms with Crippen molar-refractivity contribution in [1.29, 1.82) is 0 Å². The number of aliphatic imine (C=N–C) groups is 1. The lowest BCUT2D eigenvalue weighted by molar-refractivity contribution is 0.174. The molecule has 0 atom stereocenters. The Balaban J connectivity index is 2.39. The summed E-state index contributed by atoms with van der Waals surface area (Å²) in [4.78, 5) is 13.6. The third-order valence-corrected chi connectivity index (χ3v) is 2.39. The van der Waals surface area contributed by atoms with E-state index in [1.807, 2.05) is 19.1 Å². The molecule has 4 nitrogen and oxygen atoms in total. The second-order valence-corrected chi connectivity index (χ2v) is 3.24. The number of benzene rings is 1. The first-order chi connectivity index (χ1) is 7.35. The molecular weight excluding hydrogens is 194 g/mol. The molecule has 4 heteroatoms. The van der Waals surface area contributed by atoms with E-state index in [1.54, 1.807) is 0 Å². The zero-order valence-electron chi connectivity index (χ0n) is 8.45. The lowest BCUT2D eigenvalue weighted by Crippen LogP contribution is -1.92. The molecule has 0 N–H and O–H groups in total. The maximum atomic E-state index is 10.1. The van der Waals surface area contributed by atoms with E-state index in [0.717, 1.165) is 29.0 Å². The van der Waals surface area contributed by atoms with Crippen molar-refractivity contribution < 1.29 is 14.3 Å². The summed E-state index contributed by atoms with van der Waals surface area (Å²) in [5.74, 6) is 1.49. The lowest BCUT2D eigenvalue weighted by atomic mass is 10.0. The van der Waals surface area contributed by atoms with Gasteiger partial charge in [-0.2, -0.15) is 0 Å². The van der Waals surface area contributed by atoms with Gasteiger partial charge in [-0.05, 0) is 29.7 Å². The molecule has 1 heterocycles. The number of nitrogens with zero attached hydrogens (tertiary/aromatic N) is 1. The van der Waals surface area contributed by atoms with Gasteiger partial charge in [0.1, 0.15) is 0 Å². The zero-order valence-corrected chi connectivity index (χ0v) is 8.45. The number of fused-ring (bicyclic) bond motifs is 1. The van der Waals surface area contributed by atoms with Crippen molar-refractivity contribution in [3.05, 3.63) is 23.3 Å². The highest BCUT2D eigenvalue weighted by atomic mass is 16.7. The Kier molecular flexibility index (Phi) is 2.70. The fourth-order valence-corrected chi connectivity index (χ4v) is 1.62. The van der Waals surface area contributed by atoms with Gasteiger partial charge in [0.25, 0.3) is 0 Å². The number of hydrogen-bond donors (Lipinski definition) is 0. The van der Waals surface area contributed by atoms with Crippen LogP contribution in [-0.2, 0) is 17.8 Å². The predicted molar refractivity (Wildman–Crippen MR) is 53.8 cm³/mol. The molecule has 0 amide bonds. The molecule has 0 spiro atoms. The number of ether oxygens (including phenoxy) is 2. The van der Waals surface area contributed by atoms with E-state index in [2.05, 4.69) is 4.99 Å². The van der Waals surface area contributed by atoms with Crippen molar-refractivity contribution in [2.45, 2.75) is 19.9 Å². The molecular formula is C11H11NO3. The second-order valence-electron chi connectivity index (χ2n) is 3.24. The van der Waals surface area contributed by atoms with Crippen molar-refractivity contribution in [2.24, 2.45) is 4.99 Å². The zero-order chi connectivity index (χ0) is 10.7. The molecule has 0 saturated heterocycles. The van der Waals surface area contributed by atoms with E-state index in [0.29, 0.717) is 6.54 Å². The van der Waals surface area contributed by atoms with Crippen molar-refractivity contribution in [3.8, 4) is 11.5 Å². The van der Waals surface area contributed by atoms with Crippen molar-refractivity contribution >= 4 is 6.08 Å². The first-order valence-corrected chi connectivity index (χ1v) is 4.80. The van der Waals surface area contributed by atoms with Gasteiger partial charge in [0.05, 0.1) is 6.54 Å². The summed E-state index contributed by atoms with van der Waals surface area (Å²) in [6, 6.07) is 3.82. The van der Waals surface area contributed by atoms with Crippen molar-refractivity contribution in [2.75, 3.05) is 6.79 Å². The average Bonchev–Trinajstić information content (AvgIpc) is 2.71. The highest BCUT2D eigenvalue weighted by molar-refractivity contribution is 5.49. The normalized spacial score (nSPS) is 12.3. The summed E-state index contributed by atoms with van der Waals surface area (Å²) in [5, 5.41) is 0. The maximum absolute atomic E-state index is 10.1. The van der Waals surface area contributed by atoms with Crippen LogP contribution >= 0.6 is 0 Å². The van der Waals surface area contributed by atoms with E-state index >= 15 is 0 Å². The molecule has 1 aliphatic heterocycles. The Morgan fingerprint density at radius 2 is 2.00 bits per heavy atom. The van der Waals surface area contributed by atoms with Crippen LogP contribution in [0.3, 0.4) is 0 Å². The van der Waals surface area contributed by atoms with Gasteiger partial charge < -0.3 is 9.47 Å². The summed E-state index contributed by atoms with van der Waals surface area (Å²) < 4.78 is 10.5. The summed E-state index contributed by atoms with van der Waals surface area (Å²) in [5.41, 5.74) is 2.11. The molecule has 15 heavy (non-hydrogen) atoms. The topological polar surface area (TPSA) is 47.9 Å². The molecule has 0 aromatic heterocycles. The SMILES string of the molecule is CCc1cc2c(cc1CN=C=O)OCO2. The lowest BCUT2D eigenvalue weighted by Gasteiger charge is -2.06. The third-order valence-electron chi connectivity index (χ3n) is 2.39. The molecule has 0 bridgehead atoms. The fraction of sp³-hybridized carbons (Fsp3) is 0.364. The Bertz CT molecular complexity index is 422. The molecule has 0 radical (unpaired) electrons. The highest BCUT2D eigenvalue weighted by Gasteiger charge is 2.16. The van der Waals surface area contributed by atoms with Crippen LogP contribution in [0.5, 0.6) is 11.5 Å². The molecule has 2 rings (SSSR count). The van der Waals surface area contributed by atoms with Crippen molar-refractivity contribution in [1.82, 2.24) is 0 Å². The minimum absolute atomic E-state index is 0.263. The molecule has 1 aromatic rings. The minimum Gasteiger partial charge on any atom is -0.454 e. The largest absolute Gasteiger partial charge is 0.454 e. The predicted octanol–water partition coefficient (Wildman–Crippen LogP) is 1.81. The van der Waals surface area contributed by atoms with Gasteiger partial charge in [0.2, 0.25) is 12.9 Å². The second kappa shape index (κ2) is 4.15. The van der Waals surface area contributed by atoms with Gasteiger partial charge >= 0.3 is 0 Å². The van der Waals surface area contributed by atoms with Crippen LogP contribution < -0.4 is 9.47 Å². The fourth-order valence-electron chi connectivity index (χ4n) is 1.62. The van der Waals surface area contributed by atoms with E-state index < -0.39 is 0 Å². The Labute approximate surface area is 87.5 Å². The standard InChI is InChI=1S/C11H11NO3/c1-2-8-3-10-11(15-7-14-10)4-9(8)5-12-6-13/h3-4H,2,5,7H2,1H3. The average molecular weight is 205 g/mol. The molecule has 78 valence electrons. The number of aryl methyl sites for hydroxylation is 1. The molecule has 1 aliphatic rings. The van der Waals surface area contributed by atoms with Gasteiger partial charge in [0.15, 0.2) is 11.5 Å². The van der Waals surface area contributed by atoms with Crippen LogP contribution in [0.4, 0.5) is 0 Å². The first kappa shape index (κ1) is 9.74. The van der Waals surface area contributed by atoms with Crippen LogP contribution in [0.2, 0.25) is 0 Å². The Hall–Kier alpha value is -1.80. The highest BCUT2D eigenvalue weighted by Crippen LogP contribution is 2.35. The molecule has 1 aromatic carbocycles. The first-order valence-electron chi connectivity index (χ1n) is 4.80. The molecule has 0 saturated carbocycles. The quantitative estimate of drug-likeness (QED) is 0.558. The van der Waals surface area contributed by atoms with Gasteiger partial charge in [-0.1, -0.05) is 6.92 Å². The van der Waals surface area contributed by atoms with E-state index in [-0.39, 0.29) is 6.79 Å². The summed E-state index contributed by atoms with van der Waals surface area (Å²) in [6.07, 6.45) is 2.41. The van der Waals surface area contributed by atoms with Gasteiger partial charge in [-0.15, -0.1) is 0 Å². The number of isocyanates is 1. The molecule has 0 unspecified atom stereocenters. The van der Waals surface area contributed by atoms with E-state index in [9.17, 15) is 4.79 Å². The molecule has 0 fully saturated rings. The Morgan fingerprint density at radius 1 is 1.33 bits per heavy atom. The summed E-state index contributed by atoms with van der Waals surface area (Å²) in [7, 11) is 0. The van der Waals surface area contributed by atoms with Gasteiger partial charge in [0, 0.05) is 0 Å². The maximum Gasteiger partial charge on any atom is 0.235 e. The van der Waals surface area contributed by atoms with E-state index in [1.165, 1.54) is 6.08 Å². The summed E-state index contributed by atoms with van der Waals surface area (Å²) >= 11 is 0. The smallest absolute Gasteiger partial charge is 0.235 e. The van der Waals surface area contributed by atoms with Gasteiger partial charge in [-0.25, -0.2) is 9.79 Å². The van der Waals surface area contributed by atoms with Gasteiger partial charge in [-0.3, -0.25) is 0 Å². The monoisotopic (exact) mass is 205 g/mol. The van der Waals surface area contributed by atoms with Crippen LogP contribution in [0.25, 0.3) is 0 Å². The van der Waals surface area contributed by atoms with E-state index in [4.69, 9.17) is 9.47 Å². The number of carbonyl (C=O) groups excluding carboxylic acids is 1. The summed E-state index contributed by atoms with van der Waals surface area (Å²) in [6.45, 7) is 2.66. The minimum atomic E-state index is 0.263. The Morgan fingerprint density at radius 3 is 2.60 bits per heavy atom.